The van der Waals surface area contributed by atoms with Crippen molar-refractivity contribution in [3.8, 4) is 0 Å². The summed E-state index contributed by atoms with van der Waals surface area (Å²) in [6.45, 7) is 1.76. The van der Waals surface area contributed by atoms with E-state index in [1.165, 1.54) is 257 Å². The van der Waals surface area contributed by atoms with Crippen molar-refractivity contribution in [2.75, 3.05) is 26.4 Å². The van der Waals surface area contributed by atoms with E-state index in [4.69, 9.17) is 28.4 Å². The van der Waals surface area contributed by atoms with Crippen molar-refractivity contribution in [2.24, 2.45) is 0 Å². The summed E-state index contributed by atoms with van der Waals surface area (Å²) in [4.78, 5) is 13.5. The Morgan fingerprint density at radius 3 is 0.990 bits per heavy atom. The quantitative estimate of drug-likeness (QED) is 0.0199. The molecule has 12 N–H and O–H groups in total. The van der Waals surface area contributed by atoms with Crippen molar-refractivity contribution < 1.29 is 89.4 Å². The Morgan fingerprint density at radius 2 is 0.634 bits per heavy atom. The molecule has 3 rings (SSSR count). The van der Waals surface area contributed by atoms with Gasteiger partial charge in [-0.05, 0) is 70.6 Å². The summed E-state index contributed by atoms with van der Waals surface area (Å²) >= 11 is 0. The predicted molar refractivity (Wildman–Crippen MR) is 402 cm³/mol. The van der Waals surface area contributed by atoms with Crippen LogP contribution in [0.1, 0.15) is 335 Å². The number of allylic oxidation sites excluding steroid dienone is 7. The van der Waals surface area contributed by atoms with E-state index in [-0.39, 0.29) is 18.9 Å². The molecule has 1 amide bonds. The molecule has 17 unspecified atom stereocenters. The van der Waals surface area contributed by atoms with E-state index < -0.39 is 124 Å². The summed E-state index contributed by atoms with van der Waals surface area (Å²) in [5.74, 6) is -0.284. The van der Waals surface area contributed by atoms with Crippen molar-refractivity contribution in [2.45, 2.75) is 439 Å². The smallest absolute Gasteiger partial charge is 0.220 e. The monoisotopic (exact) mass is 1440 g/mol. The molecule has 101 heavy (non-hydrogen) atoms. The molecule has 19 nitrogen and oxygen atoms in total. The zero-order valence-electron chi connectivity index (χ0n) is 63.4. The van der Waals surface area contributed by atoms with Crippen LogP contribution in [0.4, 0.5) is 0 Å². The zero-order chi connectivity index (χ0) is 73.2. The van der Waals surface area contributed by atoms with Crippen LogP contribution >= 0.6 is 0 Å². The van der Waals surface area contributed by atoms with Gasteiger partial charge in [0.15, 0.2) is 18.9 Å². The summed E-state index contributed by atoms with van der Waals surface area (Å²) in [6, 6.07) is -0.998. The lowest BCUT2D eigenvalue weighted by atomic mass is 9.96. The van der Waals surface area contributed by atoms with E-state index in [0.717, 1.165) is 44.9 Å². The maximum atomic E-state index is 13.5. The number of carbonyl (C=O) groups excluding carboxylic acids is 1. The SMILES string of the molecule is CCCCCCCCCC/C=C\CCCCCCCCCCCCCCCCCCCC(=O)NC(COC1OC(CO)C(OC2OC(CO)C(OC3OC(CO)C(O)C(O)C3O)C(O)C2O)C(O)C1O)C(O)/C=C/CC/C=C/CC/C=C/CCCCCCCCCCCCCCCCCCC. The Kier molecular flexibility index (Phi) is 57.8. The third-order valence-electron chi connectivity index (χ3n) is 20.6. The van der Waals surface area contributed by atoms with Crippen LogP contribution in [0.3, 0.4) is 0 Å². The Bertz CT molecular complexity index is 2010. The second-order valence-electron chi connectivity index (χ2n) is 29.6. The molecule has 0 spiro atoms. The molecule has 0 aromatic rings. The number of unbranched alkanes of at least 4 members (excludes halogenated alkanes) is 44. The number of amides is 1. The minimum atomic E-state index is -1.98. The fourth-order valence-electron chi connectivity index (χ4n) is 13.9. The van der Waals surface area contributed by atoms with Crippen LogP contribution in [0.5, 0.6) is 0 Å². The molecule has 0 saturated carbocycles. The third-order valence-corrected chi connectivity index (χ3v) is 20.6. The van der Waals surface area contributed by atoms with Crippen molar-refractivity contribution in [3.05, 3.63) is 48.6 Å². The van der Waals surface area contributed by atoms with Crippen molar-refractivity contribution >= 4 is 5.91 Å². The van der Waals surface area contributed by atoms with Crippen LogP contribution in [0.15, 0.2) is 48.6 Å². The molecule has 0 aliphatic carbocycles. The van der Waals surface area contributed by atoms with Crippen molar-refractivity contribution in [3.63, 3.8) is 0 Å². The highest BCUT2D eigenvalue weighted by molar-refractivity contribution is 5.76. The highest BCUT2D eigenvalue weighted by Crippen LogP contribution is 2.33. The van der Waals surface area contributed by atoms with Crippen molar-refractivity contribution in [1.82, 2.24) is 5.32 Å². The maximum Gasteiger partial charge on any atom is 0.220 e. The minimum absolute atomic E-state index is 0.234. The summed E-state index contributed by atoms with van der Waals surface area (Å²) in [7, 11) is 0. The molecule has 0 aromatic heterocycles. The molecule has 17 atom stereocenters. The van der Waals surface area contributed by atoms with Gasteiger partial charge < -0.3 is 89.9 Å². The lowest BCUT2D eigenvalue weighted by Crippen LogP contribution is -2.66. The highest BCUT2D eigenvalue weighted by Gasteiger charge is 2.54. The standard InChI is InChI=1S/C82H151NO18/c1-3-5-7-9-11-13-15-17-19-21-23-25-27-29-31-32-34-36-38-40-42-44-46-48-50-52-54-56-58-60-70(88)83-65(66(87)59-57-55-53-51-49-47-45-43-41-39-37-35-33-30-28-26-24-22-20-18-16-14-12-10-8-6-4-2)64-96-80-76(94)73(91)78(68(62-85)98-80)101-82-77(95)74(92)79(69(63-86)99-82)100-81-75(93)72(90)71(89)67(61-84)97-81/h21,23,41,43,49,51,57,59,65-69,71-82,84-87,89-95H,3-20,22,24-40,42,44-48,50,52-56,58,60-64H2,1-2H3,(H,83,88)/b23-21-,43-41+,51-49+,59-57+. The molecule has 3 aliphatic heterocycles. The van der Waals surface area contributed by atoms with Gasteiger partial charge in [-0.15, -0.1) is 0 Å². The first-order valence-corrected chi connectivity index (χ1v) is 41.4. The number of hydrogen-bond acceptors (Lipinski definition) is 18. The zero-order valence-corrected chi connectivity index (χ0v) is 63.4. The predicted octanol–water partition coefficient (Wildman–Crippen LogP) is 14.1. The summed E-state index contributed by atoms with van der Waals surface area (Å²) in [5.41, 5.74) is 0. The number of aliphatic hydroxyl groups is 11. The van der Waals surface area contributed by atoms with Gasteiger partial charge in [0.1, 0.15) is 73.2 Å². The topological polar surface area (TPSA) is 307 Å². The second kappa shape index (κ2) is 62.8. The number of nitrogens with one attached hydrogen (secondary N) is 1. The molecule has 3 saturated heterocycles. The van der Waals surface area contributed by atoms with E-state index in [1.807, 2.05) is 6.08 Å². The Balaban J connectivity index is 1.38. The summed E-state index contributed by atoms with van der Waals surface area (Å²) in [6.07, 6.45) is 52.5. The first-order chi connectivity index (χ1) is 49.3. The first-order valence-electron chi connectivity index (χ1n) is 41.4. The van der Waals surface area contributed by atoms with Gasteiger partial charge in [-0.2, -0.15) is 0 Å². The normalized spacial score (nSPS) is 26.5. The second-order valence-corrected chi connectivity index (χ2v) is 29.6. The molecule has 0 radical (unpaired) electrons. The number of aliphatic hydroxyl groups excluding tert-OH is 11. The molecule has 3 aliphatic rings. The maximum absolute atomic E-state index is 13.5. The van der Waals surface area contributed by atoms with Gasteiger partial charge in [0.25, 0.3) is 0 Å². The van der Waals surface area contributed by atoms with Gasteiger partial charge in [0, 0.05) is 6.42 Å². The van der Waals surface area contributed by atoms with Gasteiger partial charge in [0.2, 0.25) is 5.91 Å². The van der Waals surface area contributed by atoms with E-state index in [9.17, 15) is 61.0 Å². The van der Waals surface area contributed by atoms with Gasteiger partial charge in [0.05, 0.1) is 38.6 Å². The molecule has 592 valence electrons. The number of ether oxygens (including phenoxy) is 6. The van der Waals surface area contributed by atoms with E-state index in [2.05, 4.69) is 55.6 Å². The molecule has 3 heterocycles. The van der Waals surface area contributed by atoms with Crippen LogP contribution in [0.2, 0.25) is 0 Å². The molecule has 19 heteroatoms. The van der Waals surface area contributed by atoms with E-state index >= 15 is 0 Å². The van der Waals surface area contributed by atoms with Crippen LogP contribution < -0.4 is 5.32 Å². The molecule has 0 aromatic carbocycles. The van der Waals surface area contributed by atoms with Crippen LogP contribution in [-0.2, 0) is 33.2 Å². The lowest BCUT2D eigenvalue weighted by Gasteiger charge is -2.48. The van der Waals surface area contributed by atoms with E-state index in [0.29, 0.717) is 12.8 Å². The van der Waals surface area contributed by atoms with Gasteiger partial charge in [-0.1, -0.05) is 306 Å². The van der Waals surface area contributed by atoms with Crippen LogP contribution in [0.25, 0.3) is 0 Å². The van der Waals surface area contributed by atoms with Gasteiger partial charge in [-0.25, -0.2) is 0 Å². The lowest BCUT2D eigenvalue weighted by molar-refractivity contribution is -0.379. The third kappa shape index (κ3) is 42.8. The number of carbonyl (C=O) groups is 1. The fraction of sp³-hybridized carbons (Fsp3) is 0.890. The average molecular weight is 1440 g/mol. The Labute approximate surface area is 612 Å². The molecular weight excluding hydrogens is 1290 g/mol. The highest BCUT2D eigenvalue weighted by atomic mass is 16.8. The molecular formula is C82H151NO18. The van der Waals surface area contributed by atoms with Crippen molar-refractivity contribution in [1.29, 1.82) is 0 Å². The fourth-order valence-corrected chi connectivity index (χ4v) is 13.9. The Morgan fingerprint density at radius 1 is 0.347 bits per heavy atom. The average Bonchev–Trinajstić information content (AvgIpc) is 0.796. The van der Waals surface area contributed by atoms with Gasteiger partial charge >= 0.3 is 0 Å². The Hall–Kier alpha value is -2.25. The molecule has 0 bridgehead atoms. The number of hydrogen-bond donors (Lipinski definition) is 12. The first kappa shape index (κ1) is 93.0. The van der Waals surface area contributed by atoms with Crippen LogP contribution in [0, 0.1) is 0 Å². The molecule has 3 fully saturated rings. The minimum Gasteiger partial charge on any atom is -0.394 e. The van der Waals surface area contributed by atoms with E-state index in [1.54, 1.807) is 6.08 Å². The van der Waals surface area contributed by atoms with Crippen LogP contribution in [-0.4, -0.2) is 193 Å². The number of rotatable bonds is 66. The summed E-state index contributed by atoms with van der Waals surface area (Å²) < 4.78 is 34.4. The largest absolute Gasteiger partial charge is 0.394 e. The summed E-state index contributed by atoms with van der Waals surface area (Å²) in [5, 5.41) is 121. The van der Waals surface area contributed by atoms with Gasteiger partial charge in [-0.3, -0.25) is 4.79 Å².